The van der Waals surface area contributed by atoms with Gasteiger partial charge >= 0.3 is 0 Å². The van der Waals surface area contributed by atoms with Crippen molar-refractivity contribution < 1.29 is 0 Å². The maximum absolute atomic E-state index is 4.62. The highest BCUT2D eigenvalue weighted by Gasteiger charge is 2.18. The number of hydrogen-bond acceptors (Lipinski definition) is 3. The van der Waals surface area contributed by atoms with E-state index in [4.69, 9.17) is 0 Å². The maximum Gasteiger partial charge on any atom is 0.0771 e. The summed E-state index contributed by atoms with van der Waals surface area (Å²) < 4.78 is 0. The molecule has 0 fully saturated rings. The Hall–Kier alpha value is -1.74. The second kappa shape index (κ2) is 5.93. The van der Waals surface area contributed by atoms with Gasteiger partial charge in [0.2, 0.25) is 0 Å². The van der Waals surface area contributed by atoms with Crippen molar-refractivity contribution in [3.63, 3.8) is 0 Å². The van der Waals surface area contributed by atoms with E-state index in [1.165, 1.54) is 22.3 Å². The zero-order chi connectivity index (χ0) is 13.8. The Morgan fingerprint density at radius 2 is 1.95 bits per heavy atom. The summed E-state index contributed by atoms with van der Waals surface area (Å²) in [5.74, 6) is 0. The molecule has 0 aliphatic carbocycles. The molecule has 100 valence electrons. The fourth-order valence-electron chi connectivity index (χ4n) is 2.36. The summed E-state index contributed by atoms with van der Waals surface area (Å²) in [4.78, 5) is 8.88. The number of rotatable bonds is 4. The van der Waals surface area contributed by atoms with Crippen molar-refractivity contribution in [1.82, 2.24) is 15.3 Å². The van der Waals surface area contributed by atoms with Crippen LogP contribution in [0.15, 0.2) is 30.7 Å². The summed E-state index contributed by atoms with van der Waals surface area (Å²) in [6, 6.07) is 4.33. The van der Waals surface area contributed by atoms with Crippen molar-refractivity contribution in [2.75, 3.05) is 6.54 Å². The SMILES string of the molecule is CCNC(c1cnccc1C)c1ncc(C)cc1C. The highest BCUT2D eigenvalue weighted by molar-refractivity contribution is 5.36. The van der Waals surface area contributed by atoms with Gasteiger partial charge in [0.1, 0.15) is 0 Å². The fourth-order valence-corrected chi connectivity index (χ4v) is 2.36. The molecule has 19 heavy (non-hydrogen) atoms. The van der Waals surface area contributed by atoms with E-state index in [1.54, 1.807) is 0 Å². The van der Waals surface area contributed by atoms with Gasteiger partial charge in [0.15, 0.2) is 0 Å². The molecule has 0 aliphatic rings. The van der Waals surface area contributed by atoms with E-state index in [0.717, 1.165) is 12.2 Å². The number of aromatic nitrogens is 2. The first-order valence-corrected chi connectivity index (χ1v) is 6.70. The number of pyridine rings is 2. The molecule has 3 heteroatoms. The van der Waals surface area contributed by atoms with Crippen LogP contribution in [0, 0.1) is 20.8 Å². The molecular weight excluding hydrogens is 234 g/mol. The first-order valence-electron chi connectivity index (χ1n) is 6.70. The number of hydrogen-bond donors (Lipinski definition) is 1. The lowest BCUT2D eigenvalue weighted by Crippen LogP contribution is -2.24. The summed E-state index contributed by atoms with van der Waals surface area (Å²) >= 11 is 0. The minimum Gasteiger partial charge on any atom is -0.305 e. The molecular formula is C16H21N3. The molecule has 0 spiro atoms. The molecule has 2 aromatic rings. The van der Waals surface area contributed by atoms with Crippen LogP contribution in [0.2, 0.25) is 0 Å². The largest absolute Gasteiger partial charge is 0.305 e. The minimum atomic E-state index is 0.110. The predicted octanol–water partition coefficient (Wildman–Crippen LogP) is 3.10. The van der Waals surface area contributed by atoms with Crippen LogP contribution in [0.1, 0.15) is 40.9 Å². The molecule has 0 amide bonds. The van der Waals surface area contributed by atoms with Gasteiger partial charge in [-0.1, -0.05) is 13.0 Å². The van der Waals surface area contributed by atoms with E-state index in [-0.39, 0.29) is 6.04 Å². The first kappa shape index (κ1) is 13.7. The third-order valence-electron chi connectivity index (χ3n) is 3.33. The third kappa shape index (κ3) is 2.99. The Kier molecular flexibility index (Phi) is 4.27. The Morgan fingerprint density at radius 1 is 1.16 bits per heavy atom. The highest BCUT2D eigenvalue weighted by atomic mass is 14.9. The molecule has 0 aliphatic heterocycles. The van der Waals surface area contributed by atoms with E-state index < -0.39 is 0 Å². The van der Waals surface area contributed by atoms with Crippen molar-refractivity contribution >= 4 is 0 Å². The molecule has 0 saturated carbocycles. The number of nitrogens with one attached hydrogen (secondary N) is 1. The van der Waals surface area contributed by atoms with Crippen molar-refractivity contribution in [1.29, 1.82) is 0 Å². The van der Waals surface area contributed by atoms with Crippen molar-refractivity contribution in [3.8, 4) is 0 Å². The van der Waals surface area contributed by atoms with Gasteiger partial charge in [0, 0.05) is 18.6 Å². The predicted molar refractivity (Wildman–Crippen MR) is 78.2 cm³/mol. The molecule has 0 bridgehead atoms. The molecule has 1 N–H and O–H groups in total. The molecule has 1 unspecified atom stereocenters. The average Bonchev–Trinajstić information content (AvgIpc) is 2.38. The molecule has 0 saturated heterocycles. The summed E-state index contributed by atoms with van der Waals surface area (Å²) in [6.07, 6.45) is 5.69. The minimum absolute atomic E-state index is 0.110. The lowest BCUT2D eigenvalue weighted by atomic mass is 9.97. The zero-order valence-electron chi connectivity index (χ0n) is 12.1. The van der Waals surface area contributed by atoms with Crippen LogP contribution >= 0.6 is 0 Å². The van der Waals surface area contributed by atoms with E-state index in [9.17, 15) is 0 Å². The Balaban J connectivity index is 2.48. The van der Waals surface area contributed by atoms with Crippen LogP contribution in [0.3, 0.4) is 0 Å². The van der Waals surface area contributed by atoms with Crippen LogP contribution in [0.5, 0.6) is 0 Å². The summed E-state index contributed by atoms with van der Waals surface area (Å²) in [6.45, 7) is 9.31. The van der Waals surface area contributed by atoms with Crippen molar-refractivity contribution in [2.45, 2.75) is 33.7 Å². The van der Waals surface area contributed by atoms with Gasteiger partial charge in [-0.2, -0.15) is 0 Å². The first-order chi connectivity index (χ1) is 9.13. The molecule has 2 heterocycles. The van der Waals surface area contributed by atoms with Gasteiger partial charge in [0.25, 0.3) is 0 Å². The van der Waals surface area contributed by atoms with Gasteiger partial charge < -0.3 is 5.32 Å². The van der Waals surface area contributed by atoms with Crippen molar-refractivity contribution in [2.24, 2.45) is 0 Å². The molecule has 1 atom stereocenters. The molecule has 3 nitrogen and oxygen atoms in total. The van der Waals surface area contributed by atoms with Crippen LogP contribution in [-0.2, 0) is 0 Å². The monoisotopic (exact) mass is 255 g/mol. The van der Waals surface area contributed by atoms with Crippen LogP contribution in [0.25, 0.3) is 0 Å². The van der Waals surface area contributed by atoms with Gasteiger partial charge in [-0.15, -0.1) is 0 Å². The Morgan fingerprint density at radius 3 is 2.58 bits per heavy atom. The lowest BCUT2D eigenvalue weighted by Gasteiger charge is -2.21. The van der Waals surface area contributed by atoms with Gasteiger partial charge in [-0.25, -0.2) is 0 Å². The number of aryl methyl sites for hydroxylation is 3. The van der Waals surface area contributed by atoms with E-state index in [0.29, 0.717) is 0 Å². The van der Waals surface area contributed by atoms with Gasteiger partial charge in [0.05, 0.1) is 11.7 Å². The van der Waals surface area contributed by atoms with E-state index >= 15 is 0 Å². The Bertz CT molecular complexity index is 564. The van der Waals surface area contributed by atoms with Crippen LogP contribution in [0.4, 0.5) is 0 Å². The second-order valence-corrected chi connectivity index (χ2v) is 4.94. The normalized spacial score (nSPS) is 12.4. The smallest absolute Gasteiger partial charge is 0.0771 e. The maximum atomic E-state index is 4.62. The molecule has 0 aromatic carbocycles. The lowest BCUT2D eigenvalue weighted by molar-refractivity contribution is 0.607. The van der Waals surface area contributed by atoms with Gasteiger partial charge in [-0.05, 0) is 55.6 Å². The third-order valence-corrected chi connectivity index (χ3v) is 3.33. The van der Waals surface area contributed by atoms with Gasteiger partial charge in [-0.3, -0.25) is 9.97 Å². The Labute approximate surface area is 115 Å². The topological polar surface area (TPSA) is 37.8 Å². The molecule has 0 radical (unpaired) electrons. The van der Waals surface area contributed by atoms with E-state index in [2.05, 4.69) is 49.0 Å². The molecule has 2 rings (SSSR count). The average molecular weight is 255 g/mol. The number of nitrogens with zero attached hydrogens (tertiary/aromatic N) is 2. The van der Waals surface area contributed by atoms with E-state index in [1.807, 2.05) is 24.7 Å². The van der Waals surface area contributed by atoms with Crippen LogP contribution in [-0.4, -0.2) is 16.5 Å². The van der Waals surface area contributed by atoms with Crippen LogP contribution < -0.4 is 5.32 Å². The van der Waals surface area contributed by atoms with Crippen molar-refractivity contribution in [3.05, 3.63) is 58.7 Å². The molecule has 2 aromatic heterocycles. The summed E-state index contributed by atoms with van der Waals surface area (Å²) in [7, 11) is 0. The fraction of sp³-hybridized carbons (Fsp3) is 0.375. The summed E-state index contributed by atoms with van der Waals surface area (Å²) in [5, 5.41) is 3.51. The summed E-state index contributed by atoms with van der Waals surface area (Å²) in [5.41, 5.74) is 5.93. The quantitative estimate of drug-likeness (QED) is 0.912. The highest BCUT2D eigenvalue weighted by Crippen LogP contribution is 2.25. The standard InChI is InChI=1S/C16H21N3/c1-5-18-16(14-10-17-7-6-12(14)3)15-13(4)8-11(2)9-19-15/h6-10,16,18H,5H2,1-4H3. The second-order valence-electron chi connectivity index (χ2n) is 4.94. The zero-order valence-corrected chi connectivity index (χ0v) is 12.1.